The van der Waals surface area contributed by atoms with E-state index in [1.54, 1.807) is 10.9 Å². The molecular weight excluding hydrogens is 396 g/mol. The van der Waals surface area contributed by atoms with E-state index in [0.29, 0.717) is 5.82 Å². The summed E-state index contributed by atoms with van der Waals surface area (Å²) in [6, 6.07) is 16.8. The van der Waals surface area contributed by atoms with E-state index in [0.717, 1.165) is 21.3 Å². The van der Waals surface area contributed by atoms with Crippen molar-refractivity contribution in [3.8, 4) is 28.7 Å². The second-order valence-electron chi connectivity index (χ2n) is 5.74. The number of hydrogen-bond acceptors (Lipinski definition) is 5. The van der Waals surface area contributed by atoms with E-state index in [1.807, 2.05) is 55.5 Å². The Hall–Kier alpha value is -3.06. The van der Waals surface area contributed by atoms with E-state index >= 15 is 0 Å². The Morgan fingerprint density at radius 1 is 1.08 bits per heavy atom. The molecule has 0 bridgehead atoms. The van der Waals surface area contributed by atoms with Gasteiger partial charge in [0.05, 0.1) is 5.69 Å². The highest BCUT2D eigenvalue weighted by atomic mass is 79.9. The van der Waals surface area contributed by atoms with Gasteiger partial charge < -0.3 is 4.52 Å². The van der Waals surface area contributed by atoms with Crippen molar-refractivity contribution in [2.45, 2.75) is 6.92 Å². The summed E-state index contributed by atoms with van der Waals surface area (Å²) in [5.41, 5.74) is 2.60. The topological polar surface area (TPSA) is 73.8 Å². The third kappa shape index (κ3) is 3.21. The van der Waals surface area contributed by atoms with Gasteiger partial charge in [-0.15, -0.1) is 0 Å². The Labute approximate surface area is 157 Å². The summed E-state index contributed by atoms with van der Waals surface area (Å²) < 4.78 is 7.80. The van der Waals surface area contributed by atoms with Gasteiger partial charge in [-0.05, 0) is 31.2 Å². The minimum Gasteiger partial charge on any atom is -0.332 e. The highest BCUT2D eigenvalue weighted by molar-refractivity contribution is 9.10. The van der Waals surface area contributed by atoms with Gasteiger partial charge in [-0.3, -0.25) is 4.79 Å². The fraction of sp³-hybridized carbons (Fsp3) is 0.0526. The van der Waals surface area contributed by atoms with Gasteiger partial charge in [-0.1, -0.05) is 50.9 Å². The van der Waals surface area contributed by atoms with Crippen molar-refractivity contribution in [3.05, 3.63) is 81.1 Å². The van der Waals surface area contributed by atoms with Gasteiger partial charge in [-0.25, -0.2) is 4.68 Å². The Kier molecular flexibility index (Phi) is 4.22. The molecule has 26 heavy (non-hydrogen) atoms. The number of halogens is 1. The first kappa shape index (κ1) is 16.4. The highest BCUT2D eigenvalue weighted by Crippen LogP contribution is 2.22. The SMILES string of the molecule is Cc1ccc(-n2ccc(=O)c(-c3nc(-c4cccc(Br)c4)no3)n2)cc1. The van der Waals surface area contributed by atoms with Crippen LogP contribution in [0.4, 0.5) is 0 Å². The Balaban J connectivity index is 1.75. The van der Waals surface area contributed by atoms with Crippen molar-refractivity contribution >= 4 is 15.9 Å². The molecule has 2 heterocycles. The molecule has 7 heteroatoms. The van der Waals surface area contributed by atoms with Gasteiger partial charge in [-0.2, -0.15) is 10.1 Å². The van der Waals surface area contributed by atoms with Gasteiger partial charge in [0, 0.05) is 22.3 Å². The molecule has 2 aromatic heterocycles. The lowest BCUT2D eigenvalue weighted by atomic mass is 10.2. The summed E-state index contributed by atoms with van der Waals surface area (Å²) in [4.78, 5) is 16.6. The van der Waals surface area contributed by atoms with Crippen LogP contribution in [0.3, 0.4) is 0 Å². The van der Waals surface area contributed by atoms with Crippen LogP contribution in [0.15, 0.2) is 74.6 Å². The van der Waals surface area contributed by atoms with Crippen molar-refractivity contribution in [2.24, 2.45) is 0 Å². The maximum Gasteiger partial charge on any atom is 0.282 e. The molecular formula is C19H13BrN4O2. The van der Waals surface area contributed by atoms with E-state index in [-0.39, 0.29) is 17.0 Å². The van der Waals surface area contributed by atoms with Crippen LogP contribution in [-0.4, -0.2) is 19.9 Å². The standard InChI is InChI=1S/C19H13BrN4O2/c1-12-5-7-15(8-6-12)24-10-9-16(25)17(22-24)19-21-18(23-26-19)13-3-2-4-14(20)11-13/h2-11H,1H3. The number of aromatic nitrogens is 4. The minimum absolute atomic E-state index is 0.0893. The predicted octanol–water partition coefficient (Wildman–Crippen LogP) is 4.02. The van der Waals surface area contributed by atoms with Crippen LogP contribution in [0, 0.1) is 6.92 Å². The van der Waals surface area contributed by atoms with Crippen LogP contribution in [-0.2, 0) is 0 Å². The second kappa shape index (κ2) is 6.68. The maximum absolute atomic E-state index is 12.2. The molecule has 0 atom stereocenters. The van der Waals surface area contributed by atoms with E-state index in [4.69, 9.17) is 4.52 Å². The quantitative estimate of drug-likeness (QED) is 0.511. The van der Waals surface area contributed by atoms with E-state index in [9.17, 15) is 4.79 Å². The fourth-order valence-electron chi connectivity index (χ4n) is 2.46. The van der Waals surface area contributed by atoms with Crippen molar-refractivity contribution in [1.82, 2.24) is 19.9 Å². The summed E-state index contributed by atoms with van der Waals surface area (Å²) in [5.74, 6) is 0.486. The van der Waals surface area contributed by atoms with Gasteiger partial charge in [0.2, 0.25) is 11.3 Å². The van der Waals surface area contributed by atoms with Crippen molar-refractivity contribution < 1.29 is 4.52 Å². The fourth-order valence-corrected chi connectivity index (χ4v) is 2.86. The molecule has 0 spiro atoms. The summed E-state index contributed by atoms with van der Waals surface area (Å²) in [7, 11) is 0. The largest absolute Gasteiger partial charge is 0.332 e. The predicted molar refractivity (Wildman–Crippen MR) is 101 cm³/mol. The molecule has 0 N–H and O–H groups in total. The number of hydrogen-bond donors (Lipinski definition) is 0. The summed E-state index contributed by atoms with van der Waals surface area (Å²) >= 11 is 3.41. The molecule has 0 aliphatic heterocycles. The van der Waals surface area contributed by atoms with E-state index in [1.165, 1.54) is 6.07 Å². The zero-order valence-corrected chi connectivity index (χ0v) is 15.3. The highest BCUT2D eigenvalue weighted by Gasteiger charge is 2.16. The van der Waals surface area contributed by atoms with E-state index < -0.39 is 0 Å². The lowest BCUT2D eigenvalue weighted by molar-refractivity contribution is 0.429. The first-order chi connectivity index (χ1) is 12.6. The molecule has 128 valence electrons. The molecule has 6 nitrogen and oxygen atoms in total. The molecule has 0 aliphatic carbocycles. The van der Waals surface area contributed by atoms with Crippen molar-refractivity contribution in [1.29, 1.82) is 0 Å². The van der Waals surface area contributed by atoms with E-state index in [2.05, 4.69) is 31.2 Å². The average Bonchev–Trinajstić information content (AvgIpc) is 3.13. The smallest absolute Gasteiger partial charge is 0.282 e. The normalized spacial score (nSPS) is 10.8. The molecule has 0 radical (unpaired) electrons. The lowest BCUT2D eigenvalue weighted by Crippen LogP contribution is -2.12. The van der Waals surface area contributed by atoms with Crippen LogP contribution in [0.2, 0.25) is 0 Å². The first-order valence-electron chi connectivity index (χ1n) is 7.87. The number of rotatable bonds is 3. The zero-order chi connectivity index (χ0) is 18.1. The van der Waals surface area contributed by atoms with Crippen LogP contribution in [0.1, 0.15) is 5.56 Å². The van der Waals surface area contributed by atoms with Crippen LogP contribution < -0.4 is 5.43 Å². The van der Waals surface area contributed by atoms with Crippen LogP contribution >= 0.6 is 15.9 Å². The summed E-state index contributed by atoms with van der Waals surface area (Å²) in [6.45, 7) is 2.01. The van der Waals surface area contributed by atoms with Gasteiger partial charge in [0.15, 0.2) is 5.69 Å². The zero-order valence-electron chi connectivity index (χ0n) is 13.8. The van der Waals surface area contributed by atoms with Gasteiger partial charge >= 0.3 is 0 Å². The number of benzene rings is 2. The monoisotopic (exact) mass is 408 g/mol. The summed E-state index contributed by atoms with van der Waals surface area (Å²) in [6.07, 6.45) is 1.61. The summed E-state index contributed by atoms with van der Waals surface area (Å²) in [5, 5.41) is 8.33. The Morgan fingerprint density at radius 3 is 2.65 bits per heavy atom. The third-order valence-corrected chi connectivity index (χ3v) is 4.31. The van der Waals surface area contributed by atoms with Gasteiger partial charge in [0.1, 0.15) is 0 Å². The molecule has 0 aliphatic rings. The molecule has 0 unspecified atom stereocenters. The molecule has 0 saturated heterocycles. The number of aryl methyl sites for hydroxylation is 1. The molecule has 0 fully saturated rings. The average molecular weight is 409 g/mol. The Morgan fingerprint density at radius 2 is 1.88 bits per heavy atom. The third-order valence-electron chi connectivity index (χ3n) is 3.82. The second-order valence-corrected chi connectivity index (χ2v) is 6.66. The van der Waals surface area contributed by atoms with Crippen molar-refractivity contribution in [3.63, 3.8) is 0 Å². The maximum atomic E-state index is 12.2. The van der Waals surface area contributed by atoms with Crippen LogP contribution in [0.5, 0.6) is 0 Å². The molecule has 2 aromatic carbocycles. The molecule has 0 saturated carbocycles. The van der Waals surface area contributed by atoms with Crippen LogP contribution in [0.25, 0.3) is 28.7 Å². The lowest BCUT2D eigenvalue weighted by Gasteiger charge is -2.05. The molecule has 0 amide bonds. The molecule has 4 aromatic rings. The first-order valence-corrected chi connectivity index (χ1v) is 8.66. The molecule has 4 rings (SSSR count). The minimum atomic E-state index is -0.280. The Bertz CT molecular complexity index is 1130. The van der Waals surface area contributed by atoms with Gasteiger partial charge in [0.25, 0.3) is 5.89 Å². The number of nitrogens with zero attached hydrogens (tertiary/aromatic N) is 4. The van der Waals surface area contributed by atoms with Crippen molar-refractivity contribution in [2.75, 3.05) is 0 Å².